The normalized spacial score (nSPS) is 16.4. The Morgan fingerprint density at radius 3 is 2.81 bits per heavy atom. The van der Waals surface area contributed by atoms with E-state index in [4.69, 9.17) is 27.4 Å². The van der Waals surface area contributed by atoms with Crippen LogP contribution in [0.3, 0.4) is 0 Å². The Balaban J connectivity index is 2.04. The lowest BCUT2D eigenvalue weighted by Gasteiger charge is -2.26. The molecule has 116 valence electrons. The summed E-state index contributed by atoms with van der Waals surface area (Å²) < 4.78 is 38.8. The quantitative estimate of drug-likeness (QED) is 0.730. The molecule has 0 aromatic heterocycles. The minimum Gasteiger partial charge on any atom is -0.486 e. The maximum atomic E-state index is 12.2. The van der Waals surface area contributed by atoms with E-state index < -0.39 is 10.2 Å². The Kier molecular flexibility index (Phi) is 5.34. The first-order valence-corrected chi connectivity index (χ1v) is 8.19. The third kappa shape index (κ3) is 4.81. The largest absolute Gasteiger partial charge is 0.486 e. The molecular formula is C12H17N3O4S2. The maximum absolute atomic E-state index is 12.2. The zero-order chi connectivity index (χ0) is 15.3. The van der Waals surface area contributed by atoms with Crippen LogP contribution in [0.2, 0.25) is 0 Å². The molecule has 21 heavy (non-hydrogen) atoms. The maximum Gasteiger partial charge on any atom is 0.301 e. The number of anilines is 1. The average Bonchev–Trinajstić information content (AvgIpc) is 2.46. The molecule has 0 spiro atoms. The van der Waals surface area contributed by atoms with Crippen LogP contribution in [0.1, 0.15) is 0 Å². The van der Waals surface area contributed by atoms with E-state index in [1.165, 1.54) is 4.31 Å². The van der Waals surface area contributed by atoms with E-state index in [0.29, 0.717) is 37.7 Å². The molecule has 7 nitrogen and oxygen atoms in total. The molecule has 0 radical (unpaired) electrons. The van der Waals surface area contributed by atoms with Crippen molar-refractivity contribution in [3.05, 3.63) is 24.3 Å². The standard InChI is InChI=1S/C12H17N3O4S2/c13-12(20)9-19-11-3-1-2-10(8-11)14-21(16,17)15-4-6-18-7-5-15/h1-3,8,14H,4-7,9H2,(H2,13,20). The Morgan fingerprint density at radius 1 is 1.43 bits per heavy atom. The number of hydrogen-bond donors (Lipinski definition) is 2. The van der Waals surface area contributed by atoms with Crippen molar-refractivity contribution in [2.45, 2.75) is 0 Å². The summed E-state index contributed by atoms with van der Waals surface area (Å²) in [6.07, 6.45) is 0. The van der Waals surface area contributed by atoms with E-state index in [0.717, 1.165) is 0 Å². The van der Waals surface area contributed by atoms with Gasteiger partial charge in [-0.1, -0.05) is 18.3 Å². The second-order valence-electron chi connectivity index (χ2n) is 4.40. The van der Waals surface area contributed by atoms with E-state index in [2.05, 4.69) is 4.72 Å². The van der Waals surface area contributed by atoms with Crippen molar-refractivity contribution >= 4 is 33.1 Å². The van der Waals surface area contributed by atoms with Crippen LogP contribution in [0, 0.1) is 0 Å². The predicted molar refractivity (Wildman–Crippen MR) is 83.7 cm³/mol. The monoisotopic (exact) mass is 331 g/mol. The highest BCUT2D eigenvalue weighted by Crippen LogP contribution is 2.19. The molecule has 1 aliphatic rings. The van der Waals surface area contributed by atoms with Gasteiger partial charge in [0.1, 0.15) is 17.3 Å². The van der Waals surface area contributed by atoms with Crippen molar-refractivity contribution in [1.29, 1.82) is 0 Å². The third-order valence-electron chi connectivity index (χ3n) is 2.77. The number of hydrogen-bond acceptors (Lipinski definition) is 5. The van der Waals surface area contributed by atoms with Gasteiger partial charge < -0.3 is 15.2 Å². The molecule has 0 unspecified atom stereocenters. The van der Waals surface area contributed by atoms with Gasteiger partial charge in [-0.3, -0.25) is 4.72 Å². The van der Waals surface area contributed by atoms with Gasteiger partial charge in [-0.15, -0.1) is 0 Å². The van der Waals surface area contributed by atoms with Crippen LogP contribution in [0.25, 0.3) is 0 Å². The van der Waals surface area contributed by atoms with Crippen LogP contribution in [0.15, 0.2) is 24.3 Å². The summed E-state index contributed by atoms with van der Waals surface area (Å²) in [5.74, 6) is 0.491. The number of nitrogens with one attached hydrogen (secondary N) is 1. The number of benzene rings is 1. The molecule has 1 fully saturated rings. The van der Waals surface area contributed by atoms with Crippen LogP contribution in [0.5, 0.6) is 5.75 Å². The van der Waals surface area contributed by atoms with Crippen LogP contribution in [0.4, 0.5) is 5.69 Å². The highest BCUT2D eigenvalue weighted by atomic mass is 32.2. The minimum atomic E-state index is -3.59. The predicted octanol–water partition coefficient (Wildman–Crippen LogP) is 0.340. The van der Waals surface area contributed by atoms with Crippen molar-refractivity contribution in [1.82, 2.24) is 4.31 Å². The smallest absolute Gasteiger partial charge is 0.301 e. The van der Waals surface area contributed by atoms with Gasteiger partial charge in [0, 0.05) is 19.2 Å². The van der Waals surface area contributed by atoms with Crippen molar-refractivity contribution in [2.75, 3.05) is 37.6 Å². The average molecular weight is 331 g/mol. The summed E-state index contributed by atoms with van der Waals surface area (Å²) in [6, 6.07) is 6.61. The SMILES string of the molecule is NC(=S)COc1cccc(NS(=O)(=O)N2CCOCC2)c1. The van der Waals surface area contributed by atoms with Gasteiger partial charge >= 0.3 is 10.2 Å². The number of morpholine rings is 1. The van der Waals surface area contributed by atoms with Crippen molar-refractivity contribution in [2.24, 2.45) is 5.73 Å². The zero-order valence-corrected chi connectivity index (χ0v) is 13.0. The van der Waals surface area contributed by atoms with Gasteiger partial charge in [0.25, 0.3) is 0 Å². The molecule has 9 heteroatoms. The molecule has 0 bridgehead atoms. The van der Waals surface area contributed by atoms with Crippen molar-refractivity contribution < 1.29 is 17.9 Å². The number of ether oxygens (including phenoxy) is 2. The molecule has 1 saturated heterocycles. The first kappa shape index (κ1) is 16.0. The topological polar surface area (TPSA) is 93.9 Å². The van der Waals surface area contributed by atoms with Gasteiger partial charge in [0.2, 0.25) is 0 Å². The summed E-state index contributed by atoms with van der Waals surface area (Å²) in [6.45, 7) is 1.59. The van der Waals surface area contributed by atoms with E-state index in [1.807, 2.05) is 0 Å². The van der Waals surface area contributed by atoms with Gasteiger partial charge in [0.15, 0.2) is 0 Å². The molecule has 0 amide bonds. The first-order valence-electron chi connectivity index (χ1n) is 6.34. The van der Waals surface area contributed by atoms with Crippen LogP contribution < -0.4 is 15.2 Å². The van der Waals surface area contributed by atoms with E-state index in [9.17, 15) is 8.42 Å². The van der Waals surface area contributed by atoms with Gasteiger partial charge in [-0.05, 0) is 12.1 Å². The minimum absolute atomic E-state index is 0.106. The highest BCUT2D eigenvalue weighted by molar-refractivity contribution is 7.90. The van der Waals surface area contributed by atoms with Gasteiger partial charge in [-0.2, -0.15) is 12.7 Å². The Hall–Kier alpha value is -1.42. The molecule has 1 aromatic rings. The lowest BCUT2D eigenvalue weighted by molar-refractivity contribution is 0.0733. The Morgan fingerprint density at radius 2 is 2.14 bits per heavy atom. The number of nitrogens with zero attached hydrogens (tertiary/aromatic N) is 1. The zero-order valence-electron chi connectivity index (χ0n) is 11.3. The second kappa shape index (κ2) is 7.03. The molecule has 1 aliphatic heterocycles. The van der Waals surface area contributed by atoms with E-state index in [1.54, 1.807) is 24.3 Å². The summed E-state index contributed by atoms with van der Waals surface area (Å²) >= 11 is 4.72. The summed E-state index contributed by atoms with van der Waals surface area (Å²) in [5, 5.41) is 0. The molecule has 1 heterocycles. The second-order valence-corrected chi connectivity index (χ2v) is 6.60. The fourth-order valence-corrected chi connectivity index (χ4v) is 3.05. The highest BCUT2D eigenvalue weighted by Gasteiger charge is 2.24. The van der Waals surface area contributed by atoms with E-state index in [-0.39, 0.29) is 11.6 Å². The number of nitrogens with two attached hydrogens (primary N) is 1. The van der Waals surface area contributed by atoms with Crippen molar-refractivity contribution in [3.63, 3.8) is 0 Å². The molecule has 0 atom stereocenters. The number of thiocarbonyl (C=S) groups is 1. The summed E-state index contributed by atoms with van der Waals surface area (Å²) in [4.78, 5) is 0.231. The molecule has 3 N–H and O–H groups in total. The van der Waals surface area contributed by atoms with Gasteiger partial charge in [-0.25, -0.2) is 0 Å². The van der Waals surface area contributed by atoms with Crippen LogP contribution in [-0.4, -0.2) is 50.6 Å². The Labute approximate surface area is 129 Å². The molecular weight excluding hydrogens is 314 g/mol. The molecule has 0 saturated carbocycles. The van der Waals surface area contributed by atoms with Crippen LogP contribution >= 0.6 is 12.2 Å². The summed E-state index contributed by atoms with van der Waals surface area (Å²) in [5.41, 5.74) is 5.77. The third-order valence-corrected chi connectivity index (χ3v) is 4.43. The lowest BCUT2D eigenvalue weighted by Crippen LogP contribution is -2.43. The molecule has 2 rings (SSSR count). The number of rotatable bonds is 6. The lowest BCUT2D eigenvalue weighted by atomic mass is 10.3. The van der Waals surface area contributed by atoms with E-state index >= 15 is 0 Å². The fourth-order valence-electron chi connectivity index (χ4n) is 1.80. The fraction of sp³-hybridized carbons (Fsp3) is 0.417. The Bertz CT molecular complexity index is 600. The first-order chi connectivity index (χ1) is 9.97. The van der Waals surface area contributed by atoms with Gasteiger partial charge in [0.05, 0.1) is 18.9 Å². The molecule has 0 aliphatic carbocycles. The molecule has 1 aromatic carbocycles. The van der Waals surface area contributed by atoms with Crippen molar-refractivity contribution in [3.8, 4) is 5.75 Å². The van der Waals surface area contributed by atoms with Crippen LogP contribution in [-0.2, 0) is 14.9 Å². The summed E-state index contributed by atoms with van der Waals surface area (Å²) in [7, 11) is -3.59.